The molecule has 1 aromatic rings. The molecule has 22 heavy (non-hydrogen) atoms. The van der Waals surface area contributed by atoms with E-state index in [0.717, 1.165) is 0 Å². The van der Waals surface area contributed by atoms with Crippen LogP contribution in [-0.2, 0) is 14.3 Å². The van der Waals surface area contributed by atoms with Crippen molar-refractivity contribution in [2.24, 2.45) is 5.92 Å². The van der Waals surface area contributed by atoms with Gasteiger partial charge in [-0.2, -0.15) is 0 Å². The van der Waals surface area contributed by atoms with Crippen molar-refractivity contribution >= 4 is 29.4 Å². The smallest absolute Gasteiger partial charge is 0.326 e. The first-order chi connectivity index (χ1) is 10.3. The highest BCUT2D eigenvalue weighted by Gasteiger charge is 2.26. The molecular formula is C15H18ClNO5. The second-order valence-corrected chi connectivity index (χ2v) is 5.20. The van der Waals surface area contributed by atoms with E-state index in [1.54, 1.807) is 13.8 Å². The van der Waals surface area contributed by atoms with Gasteiger partial charge in [0, 0.05) is 10.6 Å². The normalized spacial score (nSPS) is 13.0. The number of carbonyl (C=O) groups excluding carboxylic acids is 2. The van der Waals surface area contributed by atoms with Crippen LogP contribution in [0.15, 0.2) is 24.3 Å². The fourth-order valence-electron chi connectivity index (χ4n) is 1.80. The third-order valence-corrected chi connectivity index (χ3v) is 3.24. The van der Waals surface area contributed by atoms with Crippen molar-refractivity contribution in [2.45, 2.75) is 26.3 Å². The summed E-state index contributed by atoms with van der Waals surface area (Å²) in [5.74, 6) is -2.88. The van der Waals surface area contributed by atoms with Gasteiger partial charge in [0.05, 0.1) is 12.5 Å². The van der Waals surface area contributed by atoms with Crippen LogP contribution in [0.1, 0.15) is 30.6 Å². The maximum absolute atomic E-state index is 12.0. The third kappa shape index (κ3) is 5.37. The number of hydrogen-bond donors (Lipinski definition) is 2. The molecular weight excluding hydrogens is 310 g/mol. The maximum atomic E-state index is 12.0. The van der Waals surface area contributed by atoms with Crippen LogP contribution in [0.25, 0.3) is 0 Å². The Morgan fingerprint density at radius 3 is 2.36 bits per heavy atom. The molecule has 2 N–H and O–H groups in total. The third-order valence-electron chi connectivity index (χ3n) is 2.99. The molecule has 0 aromatic heterocycles. The molecule has 1 aromatic carbocycles. The molecule has 0 radical (unpaired) electrons. The van der Waals surface area contributed by atoms with E-state index in [1.807, 2.05) is 0 Å². The summed E-state index contributed by atoms with van der Waals surface area (Å²) < 4.78 is 4.83. The first-order valence-corrected chi connectivity index (χ1v) is 7.18. The number of nitrogens with one attached hydrogen (secondary N) is 1. The molecule has 0 aliphatic rings. The molecule has 7 heteroatoms. The Morgan fingerprint density at radius 2 is 1.86 bits per heavy atom. The average Bonchev–Trinajstić information content (AvgIpc) is 2.47. The molecule has 0 saturated carbocycles. The van der Waals surface area contributed by atoms with E-state index in [0.29, 0.717) is 10.6 Å². The van der Waals surface area contributed by atoms with Gasteiger partial charge < -0.3 is 15.2 Å². The second-order valence-electron chi connectivity index (χ2n) is 4.76. The number of aliphatic carboxylic acids is 1. The summed E-state index contributed by atoms with van der Waals surface area (Å²) in [5.41, 5.74) is 0.291. The number of rotatable bonds is 7. The average molecular weight is 328 g/mol. The van der Waals surface area contributed by atoms with Crippen molar-refractivity contribution in [1.82, 2.24) is 5.32 Å². The summed E-state index contributed by atoms with van der Waals surface area (Å²) in [5, 5.41) is 12.1. The summed E-state index contributed by atoms with van der Waals surface area (Å²) in [6.07, 6.45) is -0.0481. The number of hydrogen-bond acceptors (Lipinski definition) is 4. The first kappa shape index (κ1) is 18.0. The van der Waals surface area contributed by atoms with Crippen LogP contribution in [0.5, 0.6) is 0 Å². The maximum Gasteiger partial charge on any atom is 0.326 e. The van der Waals surface area contributed by atoms with Gasteiger partial charge in [-0.1, -0.05) is 18.5 Å². The molecule has 0 bridgehead atoms. The minimum absolute atomic E-state index is 0.0481. The molecule has 0 aliphatic carbocycles. The van der Waals surface area contributed by atoms with E-state index in [9.17, 15) is 19.5 Å². The molecule has 1 rings (SSSR count). The van der Waals surface area contributed by atoms with Gasteiger partial charge in [0.2, 0.25) is 0 Å². The van der Waals surface area contributed by atoms with E-state index < -0.39 is 29.8 Å². The Morgan fingerprint density at radius 1 is 1.27 bits per heavy atom. The Bertz CT molecular complexity index is 543. The molecule has 1 amide bonds. The van der Waals surface area contributed by atoms with E-state index in [4.69, 9.17) is 16.3 Å². The number of carboxylic acids is 1. The van der Waals surface area contributed by atoms with Gasteiger partial charge in [0.15, 0.2) is 0 Å². The van der Waals surface area contributed by atoms with Crippen molar-refractivity contribution in [3.63, 3.8) is 0 Å². The molecule has 2 atom stereocenters. The van der Waals surface area contributed by atoms with Gasteiger partial charge in [0.1, 0.15) is 6.04 Å². The van der Waals surface area contributed by atoms with Crippen LogP contribution in [0.2, 0.25) is 5.02 Å². The molecule has 0 heterocycles. The summed E-state index contributed by atoms with van der Waals surface area (Å²) in [6, 6.07) is 4.88. The molecule has 6 nitrogen and oxygen atoms in total. The fraction of sp³-hybridized carbons (Fsp3) is 0.400. The highest BCUT2D eigenvalue weighted by Crippen LogP contribution is 2.12. The number of benzene rings is 1. The zero-order chi connectivity index (χ0) is 16.7. The summed E-state index contributed by atoms with van der Waals surface area (Å²) in [6.45, 7) is 3.45. The number of amides is 1. The van der Waals surface area contributed by atoms with E-state index >= 15 is 0 Å². The van der Waals surface area contributed by atoms with Gasteiger partial charge >= 0.3 is 11.9 Å². The quantitative estimate of drug-likeness (QED) is 0.748. The van der Waals surface area contributed by atoms with Crippen LogP contribution in [0.4, 0.5) is 0 Å². The Hall–Kier alpha value is -2.08. The number of ether oxygens (including phenoxy) is 1. The van der Waals surface area contributed by atoms with E-state index in [1.165, 1.54) is 24.3 Å². The molecule has 0 fully saturated rings. The van der Waals surface area contributed by atoms with Crippen molar-refractivity contribution in [2.75, 3.05) is 6.61 Å². The Balaban J connectivity index is 2.71. The lowest BCUT2D eigenvalue weighted by Gasteiger charge is -2.18. The zero-order valence-electron chi connectivity index (χ0n) is 12.3. The number of carbonyl (C=O) groups is 3. The molecule has 0 unspecified atom stereocenters. The Labute approximate surface area is 133 Å². The van der Waals surface area contributed by atoms with Crippen molar-refractivity contribution < 1.29 is 24.2 Å². The van der Waals surface area contributed by atoms with Crippen LogP contribution in [-0.4, -0.2) is 35.6 Å². The number of halogens is 1. The fourth-order valence-corrected chi connectivity index (χ4v) is 1.92. The number of esters is 1. The van der Waals surface area contributed by atoms with E-state index in [2.05, 4.69) is 5.32 Å². The standard InChI is InChI=1S/C15H18ClNO5/c1-3-22-15(21)9(2)8-12(14(19)20)17-13(18)10-4-6-11(16)7-5-10/h4-7,9,12H,3,8H2,1-2H3,(H,17,18)(H,19,20)/t9-,12+/m0/s1. The van der Waals surface area contributed by atoms with Gasteiger partial charge in [-0.3, -0.25) is 9.59 Å². The van der Waals surface area contributed by atoms with Crippen molar-refractivity contribution in [1.29, 1.82) is 0 Å². The SMILES string of the molecule is CCOC(=O)[C@@H](C)C[C@@H](NC(=O)c1ccc(Cl)cc1)C(=O)O. The zero-order valence-corrected chi connectivity index (χ0v) is 13.1. The summed E-state index contributed by atoms with van der Waals surface area (Å²) >= 11 is 5.73. The molecule has 0 aliphatic heterocycles. The van der Waals surface area contributed by atoms with Gasteiger partial charge in [-0.25, -0.2) is 4.79 Å². The van der Waals surface area contributed by atoms with Gasteiger partial charge in [0.25, 0.3) is 5.91 Å². The van der Waals surface area contributed by atoms with Crippen LogP contribution < -0.4 is 5.32 Å². The highest BCUT2D eigenvalue weighted by molar-refractivity contribution is 6.30. The van der Waals surface area contributed by atoms with Crippen LogP contribution in [0, 0.1) is 5.92 Å². The monoisotopic (exact) mass is 327 g/mol. The topological polar surface area (TPSA) is 92.7 Å². The van der Waals surface area contributed by atoms with Crippen molar-refractivity contribution in [3.05, 3.63) is 34.9 Å². The first-order valence-electron chi connectivity index (χ1n) is 6.81. The largest absolute Gasteiger partial charge is 0.480 e. The minimum Gasteiger partial charge on any atom is -0.480 e. The lowest BCUT2D eigenvalue weighted by atomic mass is 10.0. The van der Waals surface area contributed by atoms with Crippen LogP contribution >= 0.6 is 11.6 Å². The lowest BCUT2D eigenvalue weighted by molar-refractivity contribution is -0.148. The predicted molar refractivity (Wildman–Crippen MR) is 80.8 cm³/mol. The van der Waals surface area contributed by atoms with Gasteiger partial charge in [-0.15, -0.1) is 0 Å². The minimum atomic E-state index is -1.21. The Kier molecular flexibility index (Phi) is 6.85. The van der Waals surface area contributed by atoms with Crippen molar-refractivity contribution in [3.8, 4) is 0 Å². The molecule has 0 spiro atoms. The number of carboxylic acid groups (broad SMARTS) is 1. The van der Waals surface area contributed by atoms with E-state index in [-0.39, 0.29) is 13.0 Å². The predicted octanol–water partition coefficient (Wildman–Crippen LogP) is 2.11. The summed E-state index contributed by atoms with van der Waals surface area (Å²) in [7, 11) is 0. The highest BCUT2D eigenvalue weighted by atomic mass is 35.5. The lowest BCUT2D eigenvalue weighted by Crippen LogP contribution is -2.42. The van der Waals surface area contributed by atoms with Gasteiger partial charge in [-0.05, 0) is 37.6 Å². The molecule has 120 valence electrons. The molecule has 0 saturated heterocycles. The summed E-state index contributed by atoms with van der Waals surface area (Å²) in [4.78, 5) is 34.8. The second kappa shape index (κ2) is 8.38. The van der Waals surface area contributed by atoms with Crippen LogP contribution in [0.3, 0.4) is 0 Å².